The van der Waals surface area contributed by atoms with Crippen molar-refractivity contribution in [1.82, 2.24) is 0 Å². The summed E-state index contributed by atoms with van der Waals surface area (Å²) < 4.78 is 0. The molecule has 0 aromatic rings. The first-order chi connectivity index (χ1) is 4.79. The van der Waals surface area contributed by atoms with Gasteiger partial charge >= 0.3 is 0 Å². The Morgan fingerprint density at radius 2 is 2.10 bits per heavy atom. The van der Waals surface area contributed by atoms with Crippen LogP contribution < -0.4 is 0 Å². The van der Waals surface area contributed by atoms with E-state index in [9.17, 15) is 10.1 Å². The minimum absolute atomic E-state index is 0.181. The Balaban J connectivity index is 2.19. The van der Waals surface area contributed by atoms with Crippen molar-refractivity contribution in [1.29, 1.82) is 0 Å². The highest BCUT2D eigenvalue weighted by Crippen LogP contribution is 2.22. The number of thioether (sulfide) groups is 1. The van der Waals surface area contributed by atoms with Crippen molar-refractivity contribution in [2.24, 2.45) is 5.92 Å². The minimum Gasteiger partial charge on any atom is -0.265 e. The fourth-order valence-electron chi connectivity index (χ4n) is 1.14. The average Bonchev–Trinajstić information content (AvgIpc) is 1.88. The standard InChI is InChI=1S/C6H11NO2S/c8-7(9)5-6-1-3-10-4-2-6/h6H,1-5H2. The topological polar surface area (TPSA) is 43.1 Å². The second kappa shape index (κ2) is 3.81. The van der Waals surface area contributed by atoms with Gasteiger partial charge in [0.2, 0.25) is 6.54 Å². The molecular weight excluding hydrogens is 150 g/mol. The molecule has 0 amide bonds. The van der Waals surface area contributed by atoms with Crippen LogP contribution in [0.1, 0.15) is 12.8 Å². The van der Waals surface area contributed by atoms with Gasteiger partial charge in [-0.05, 0) is 24.3 Å². The van der Waals surface area contributed by atoms with E-state index in [1.807, 2.05) is 11.8 Å². The van der Waals surface area contributed by atoms with Gasteiger partial charge in [-0.25, -0.2) is 0 Å². The van der Waals surface area contributed by atoms with E-state index in [1.54, 1.807) is 0 Å². The maximum Gasteiger partial charge on any atom is 0.206 e. The van der Waals surface area contributed by atoms with E-state index in [-0.39, 0.29) is 11.5 Å². The quantitative estimate of drug-likeness (QED) is 0.454. The molecule has 0 aliphatic carbocycles. The zero-order valence-electron chi connectivity index (χ0n) is 5.78. The predicted octanol–water partition coefficient (Wildman–Crippen LogP) is 1.41. The van der Waals surface area contributed by atoms with Crippen LogP contribution in [0.3, 0.4) is 0 Å². The van der Waals surface area contributed by atoms with E-state index < -0.39 is 0 Å². The first-order valence-corrected chi connectivity index (χ1v) is 4.64. The average molecular weight is 161 g/mol. The van der Waals surface area contributed by atoms with Crippen molar-refractivity contribution in [2.45, 2.75) is 12.8 Å². The molecule has 0 spiro atoms. The van der Waals surface area contributed by atoms with E-state index in [4.69, 9.17) is 0 Å². The summed E-state index contributed by atoms with van der Waals surface area (Å²) in [6, 6.07) is 0. The van der Waals surface area contributed by atoms with Crippen LogP contribution >= 0.6 is 11.8 Å². The van der Waals surface area contributed by atoms with Crippen molar-refractivity contribution >= 4 is 11.8 Å². The second-order valence-corrected chi connectivity index (χ2v) is 3.80. The number of rotatable bonds is 2. The van der Waals surface area contributed by atoms with Crippen molar-refractivity contribution in [3.05, 3.63) is 10.1 Å². The molecule has 1 saturated heterocycles. The van der Waals surface area contributed by atoms with E-state index >= 15 is 0 Å². The van der Waals surface area contributed by atoms with Crippen LogP contribution in [0, 0.1) is 16.0 Å². The number of hydrogen-bond donors (Lipinski definition) is 0. The molecule has 58 valence electrons. The van der Waals surface area contributed by atoms with Crippen LogP contribution in [0.4, 0.5) is 0 Å². The molecule has 0 radical (unpaired) electrons. The Morgan fingerprint density at radius 3 is 2.60 bits per heavy atom. The Bertz CT molecular complexity index is 123. The molecule has 1 aliphatic heterocycles. The van der Waals surface area contributed by atoms with Crippen LogP contribution in [-0.4, -0.2) is 23.0 Å². The fraction of sp³-hybridized carbons (Fsp3) is 1.00. The summed E-state index contributed by atoms with van der Waals surface area (Å²) in [6.45, 7) is 0.181. The lowest BCUT2D eigenvalue weighted by Gasteiger charge is -2.16. The zero-order chi connectivity index (χ0) is 7.40. The summed E-state index contributed by atoms with van der Waals surface area (Å²) in [5, 5.41) is 10.1. The first kappa shape index (κ1) is 7.85. The third kappa shape index (κ3) is 2.56. The number of nitro groups is 1. The molecule has 0 aromatic carbocycles. The van der Waals surface area contributed by atoms with Gasteiger partial charge in [-0.15, -0.1) is 0 Å². The Kier molecular flexibility index (Phi) is 2.99. The van der Waals surface area contributed by atoms with E-state index in [0.29, 0.717) is 5.92 Å². The molecule has 0 saturated carbocycles. The largest absolute Gasteiger partial charge is 0.265 e. The maximum atomic E-state index is 10.1. The minimum atomic E-state index is -0.194. The Morgan fingerprint density at radius 1 is 1.50 bits per heavy atom. The molecule has 1 fully saturated rings. The van der Waals surface area contributed by atoms with Gasteiger partial charge in [0.05, 0.1) is 0 Å². The predicted molar refractivity (Wildman–Crippen MR) is 41.9 cm³/mol. The van der Waals surface area contributed by atoms with Gasteiger partial charge in [0.1, 0.15) is 0 Å². The molecule has 3 nitrogen and oxygen atoms in total. The summed E-state index contributed by atoms with van der Waals surface area (Å²) >= 11 is 1.90. The van der Waals surface area contributed by atoms with Gasteiger partial charge < -0.3 is 0 Å². The van der Waals surface area contributed by atoms with Gasteiger partial charge in [-0.3, -0.25) is 10.1 Å². The van der Waals surface area contributed by atoms with Gasteiger partial charge in [0.25, 0.3) is 0 Å². The maximum absolute atomic E-state index is 10.1. The molecule has 4 heteroatoms. The second-order valence-electron chi connectivity index (χ2n) is 2.57. The van der Waals surface area contributed by atoms with Crippen LogP contribution in [0.2, 0.25) is 0 Å². The molecule has 1 heterocycles. The van der Waals surface area contributed by atoms with Crippen molar-refractivity contribution in [2.75, 3.05) is 18.1 Å². The van der Waals surface area contributed by atoms with Crippen LogP contribution in [-0.2, 0) is 0 Å². The molecule has 1 rings (SSSR count). The normalized spacial score (nSPS) is 20.8. The molecule has 0 unspecified atom stereocenters. The third-order valence-corrected chi connectivity index (χ3v) is 2.80. The van der Waals surface area contributed by atoms with E-state index in [1.165, 1.54) is 0 Å². The Hall–Kier alpha value is -0.250. The van der Waals surface area contributed by atoms with Crippen molar-refractivity contribution in [3.8, 4) is 0 Å². The number of nitrogens with zero attached hydrogens (tertiary/aromatic N) is 1. The molecule has 0 bridgehead atoms. The van der Waals surface area contributed by atoms with Crippen LogP contribution in [0.15, 0.2) is 0 Å². The van der Waals surface area contributed by atoms with Crippen molar-refractivity contribution < 1.29 is 4.92 Å². The SMILES string of the molecule is O=[N+]([O-])CC1CCSCC1. The monoisotopic (exact) mass is 161 g/mol. The van der Waals surface area contributed by atoms with Crippen LogP contribution in [0.5, 0.6) is 0 Å². The lowest BCUT2D eigenvalue weighted by Crippen LogP contribution is -2.18. The van der Waals surface area contributed by atoms with Gasteiger partial charge in [0, 0.05) is 10.8 Å². The summed E-state index contributed by atoms with van der Waals surface area (Å²) in [7, 11) is 0. The lowest BCUT2D eigenvalue weighted by atomic mass is 10.0. The highest BCUT2D eigenvalue weighted by atomic mass is 32.2. The molecular formula is C6H11NO2S. The summed E-state index contributed by atoms with van der Waals surface area (Å²) in [6.07, 6.45) is 2.07. The van der Waals surface area contributed by atoms with Crippen molar-refractivity contribution in [3.63, 3.8) is 0 Å². The Labute approximate surface area is 64.3 Å². The van der Waals surface area contributed by atoms with Crippen LogP contribution in [0.25, 0.3) is 0 Å². The summed E-state index contributed by atoms with van der Waals surface area (Å²) in [5.41, 5.74) is 0. The molecule has 0 atom stereocenters. The molecule has 0 aromatic heterocycles. The smallest absolute Gasteiger partial charge is 0.206 e. The van der Waals surface area contributed by atoms with E-state index in [0.717, 1.165) is 24.3 Å². The van der Waals surface area contributed by atoms with Gasteiger partial charge in [-0.1, -0.05) is 0 Å². The third-order valence-electron chi connectivity index (χ3n) is 1.75. The molecule has 10 heavy (non-hydrogen) atoms. The fourth-order valence-corrected chi connectivity index (χ4v) is 2.34. The lowest BCUT2D eigenvalue weighted by molar-refractivity contribution is -0.488. The highest BCUT2D eigenvalue weighted by molar-refractivity contribution is 7.99. The zero-order valence-corrected chi connectivity index (χ0v) is 6.60. The molecule has 1 aliphatic rings. The number of hydrogen-bond acceptors (Lipinski definition) is 3. The molecule has 0 N–H and O–H groups in total. The summed E-state index contributed by atoms with van der Waals surface area (Å²) in [5.74, 6) is 2.58. The van der Waals surface area contributed by atoms with Gasteiger partial charge in [0.15, 0.2) is 0 Å². The summed E-state index contributed by atoms with van der Waals surface area (Å²) in [4.78, 5) is 9.87. The van der Waals surface area contributed by atoms with E-state index in [2.05, 4.69) is 0 Å². The van der Waals surface area contributed by atoms with Gasteiger partial charge in [-0.2, -0.15) is 11.8 Å². The first-order valence-electron chi connectivity index (χ1n) is 3.48. The highest BCUT2D eigenvalue weighted by Gasteiger charge is 2.18.